The Labute approximate surface area is 116 Å². The van der Waals surface area contributed by atoms with Crippen molar-refractivity contribution in [3.05, 3.63) is 29.8 Å². The summed E-state index contributed by atoms with van der Waals surface area (Å²) in [6.07, 6.45) is 5.77. The molecule has 106 valence electrons. The molecule has 0 spiro atoms. The van der Waals surface area contributed by atoms with Crippen LogP contribution in [0.4, 0.5) is 0 Å². The van der Waals surface area contributed by atoms with Crippen molar-refractivity contribution in [1.29, 1.82) is 0 Å². The lowest BCUT2D eigenvalue weighted by Gasteiger charge is -2.27. The van der Waals surface area contributed by atoms with Crippen molar-refractivity contribution in [2.45, 2.75) is 50.0 Å². The quantitative estimate of drug-likeness (QED) is 0.923. The van der Waals surface area contributed by atoms with Gasteiger partial charge in [-0.05, 0) is 43.4 Å². The maximum absolute atomic E-state index is 12.4. The van der Waals surface area contributed by atoms with E-state index in [0.717, 1.165) is 18.4 Å². The minimum Gasteiger partial charge on any atom is -0.327 e. The summed E-state index contributed by atoms with van der Waals surface area (Å²) in [6.45, 7) is 1.90. The summed E-state index contributed by atoms with van der Waals surface area (Å²) >= 11 is 0. The summed E-state index contributed by atoms with van der Waals surface area (Å²) in [6, 6.07) is 6.85. The maximum Gasteiger partial charge on any atom is 0.179 e. The Morgan fingerprint density at radius 1 is 1.26 bits per heavy atom. The Hall–Kier alpha value is -0.870. The van der Waals surface area contributed by atoms with Crippen molar-refractivity contribution in [3.63, 3.8) is 0 Å². The average molecular weight is 281 g/mol. The Balaban J connectivity index is 2.08. The summed E-state index contributed by atoms with van der Waals surface area (Å²) < 4.78 is 24.7. The minimum atomic E-state index is -3.26. The second-order valence-electron chi connectivity index (χ2n) is 5.66. The topological polar surface area (TPSA) is 60.2 Å². The predicted molar refractivity (Wildman–Crippen MR) is 77.8 cm³/mol. The van der Waals surface area contributed by atoms with E-state index in [2.05, 4.69) is 0 Å². The molecule has 1 atom stereocenters. The van der Waals surface area contributed by atoms with E-state index < -0.39 is 9.84 Å². The summed E-state index contributed by atoms with van der Waals surface area (Å²) in [5.41, 5.74) is 7.10. The Morgan fingerprint density at radius 3 is 2.58 bits per heavy atom. The van der Waals surface area contributed by atoms with Crippen LogP contribution in [0.5, 0.6) is 0 Å². The van der Waals surface area contributed by atoms with E-state index >= 15 is 0 Å². The van der Waals surface area contributed by atoms with Gasteiger partial charge < -0.3 is 5.73 Å². The summed E-state index contributed by atoms with van der Waals surface area (Å²) in [5, 5.41) is 0. The molecule has 1 aromatic rings. The van der Waals surface area contributed by atoms with Crippen LogP contribution in [0.2, 0.25) is 0 Å². The van der Waals surface area contributed by atoms with Gasteiger partial charge in [-0.3, -0.25) is 0 Å². The van der Waals surface area contributed by atoms with Crippen LogP contribution in [0.3, 0.4) is 0 Å². The monoisotopic (exact) mass is 281 g/mol. The van der Waals surface area contributed by atoms with Crippen molar-refractivity contribution in [1.82, 2.24) is 0 Å². The third-order valence-electron chi connectivity index (χ3n) is 4.02. The van der Waals surface area contributed by atoms with Crippen LogP contribution in [0, 0.1) is 12.8 Å². The highest BCUT2D eigenvalue weighted by Crippen LogP contribution is 2.27. The largest absolute Gasteiger partial charge is 0.327 e. The number of hydrogen-bond donors (Lipinski definition) is 1. The molecule has 0 heterocycles. The molecule has 19 heavy (non-hydrogen) atoms. The van der Waals surface area contributed by atoms with E-state index in [1.54, 1.807) is 18.2 Å². The van der Waals surface area contributed by atoms with Gasteiger partial charge in [0.15, 0.2) is 9.84 Å². The fraction of sp³-hybridized carbons (Fsp3) is 0.600. The van der Waals surface area contributed by atoms with Crippen molar-refractivity contribution >= 4 is 9.84 Å². The van der Waals surface area contributed by atoms with Crippen LogP contribution in [0.25, 0.3) is 0 Å². The van der Waals surface area contributed by atoms with Gasteiger partial charge in [0.1, 0.15) is 0 Å². The first-order valence-electron chi connectivity index (χ1n) is 7.04. The number of aryl methyl sites for hydroxylation is 1. The van der Waals surface area contributed by atoms with E-state index in [4.69, 9.17) is 5.73 Å². The molecule has 1 saturated carbocycles. The van der Waals surface area contributed by atoms with E-state index in [1.807, 2.05) is 13.0 Å². The zero-order valence-electron chi connectivity index (χ0n) is 11.5. The Kier molecular flexibility index (Phi) is 4.63. The average Bonchev–Trinajstić information content (AvgIpc) is 2.39. The van der Waals surface area contributed by atoms with Gasteiger partial charge in [-0.2, -0.15) is 0 Å². The number of nitrogens with two attached hydrogens (primary N) is 1. The second kappa shape index (κ2) is 6.06. The third-order valence-corrected chi connectivity index (χ3v) is 5.81. The molecule has 2 N–H and O–H groups in total. The molecule has 1 aromatic carbocycles. The van der Waals surface area contributed by atoms with Crippen LogP contribution in [0.15, 0.2) is 29.2 Å². The highest BCUT2D eigenvalue weighted by molar-refractivity contribution is 7.91. The van der Waals surface area contributed by atoms with Crippen LogP contribution in [0.1, 0.15) is 37.7 Å². The summed E-state index contributed by atoms with van der Waals surface area (Å²) in [7, 11) is -3.26. The van der Waals surface area contributed by atoms with Crippen LogP contribution >= 0.6 is 0 Å². The summed E-state index contributed by atoms with van der Waals surface area (Å²) in [5.74, 6) is 0.439. The molecule has 0 amide bonds. The van der Waals surface area contributed by atoms with Gasteiger partial charge in [-0.15, -0.1) is 0 Å². The van der Waals surface area contributed by atoms with Crippen LogP contribution < -0.4 is 5.73 Å². The molecular formula is C15H23NO2S. The van der Waals surface area contributed by atoms with Crippen molar-refractivity contribution in [2.75, 3.05) is 5.75 Å². The Morgan fingerprint density at radius 2 is 1.95 bits per heavy atom. The molecule has 1 aliphatic carbocycles. The van der Waals surface area contributed by atoms with Crippen LogP contribution in [-0.2, 0) is 9.84 Å². The number of rotatable bonds is 4. The van der Waals surface area contributed by atoms with Gasteiger partial charge in [0.05, 0.1) is 10.6 Å². The molecule has 0 bridgehead atoms. The first-order chi connectivity index (χ1) is 8.99. The maximum atomic E-state index is 12.4. The molecule has 4 heteroatoms. The lowest BCUT2D eigenvalue weighted by atomic mass is 9.85. The van der Waals surface area contributed by atoms with Crippen LogP contribution in [-0.4, -0.2) is 20.2 Å². The number of benzene rings is 1. The third kappa shape index (κ3) is 3.80. The zero-order chi connectivity index (χ0) is 13.9. The van der Waals surface area contributed by atoms with Gasteiger partial charge in [-0.1, -0.05) is 31.4 Å². The van der Waals surface area contributed by atoms with Gasteiger partial charge in [0, 0.05) is 6.04 Å². The lowest BCUT2D eigenvalue weighted by Crippen LogP contribution is -2.38. The van der Waals surface area contributed by atoms with Gasteiger partial charge in [0.25, 0.3) is 0 Å². The van der Waals surface area contributed by atoms with Gasteiger partial charge >= 0.3 is 0 Å². The highest BCUT2D eigenvalue weighted by Gasteiger charge is 2.26. The molecule has 1 aliphatic rings. The molecule has 1 unspecified atom stereocenters. The SMILES string of the molecule is Cc1cccc(S(=O)(=O)CC(N)C2CCCCC2)c1. The van der Waals surface area contributed by atoms with E-state index in [9.17, 15) is 8.42 Å². The second-order valence-corrected chi connectivity index (χ2v) is 7.69. The first-order valence-corrected chi connectivity index (χ1v) is 8.69. The lowest BCUT2D eigenvalue weighted by molar-refractivity contribution is 0.317. The normalized spacial score (nSPS) is 19.3. The zero-order valence-corrected chi connectivity index (χ0v) is 12.3. The Bertz CT molecular complexity index is 519. The fourth-order valence-electron chi connectivity index (χ4n) is 2.86. The van der Waals surface area contributed by atoms with Crippen molar-refractivity contribution in [2.24, 2.45) is 11.7 Å². The molecular weight excluding hydrogens is 258 g/mol. The van der Waals surface area contributed by atoms with Gasteiger partial charge in [-0.25, -0.2) is 8.42 Å². The summed E-state index contributed by atoms with van der Waals surface area (Å²) in [4.78, 5) is 0.402. The predicted octanol–water partition coefficient (Wildman–Crippen LogP) is 2.68. The molecule has 0 saturated heterocycles. The van der Waals surface area contributed by atoms with E-state index in [0.29, 0.717) is 10.8 Å². The van der Waals surface area contributed by atoms with Crippen molar-refractivity contribution < 1.29 is 8.42 Å². The van der Waals surface area contributed by atoms with E-state index in [-0.39, 0.29) is 11.8 Å². The van der Waals surface area contributed by atoms with E-state index in [1.165, 1.54) is 19.3 Å². The fourth-order valence-corrected chi connectivity index (χ4v) is 4.48. The smallest absolute Gasteiger partial charge is 0.179 e. The standard InChI is InChI=1S/C15H23NO2S/c1-12-6-5-9-14(10-12)19(17,18)11-15(16)13-7-3-2-4-8-13/h5-6,9-10,13,15H,2-4,7-8,11,16H2,1H3. The van der Waals surface area contributed by atoms with Crippen molar-refractivity contribution in [3.8, 4) is 0 Å². The molecule has 1 fully saturated rings. The molecule has 0 aliphatic heterocycles. The van der Waals surface area contributed by atoms with Gasteiger partial charge in [0.2, 0.25) is 0 Å². The number of hydrogen-bond acceptors (Lipinski definition) is 3. The minimum absolute atomic E-state index is 0.0706. The molecule has 0 aromatic heterocycles. The molecule has 3 nitrogen and oxygen atoms in total. The molecule has 2 rings (SSSR count). The number of sulfone groups is 1. The highest BCUT2D eigenvalue weighted by atomic mass is 32.2. The molecule has 0 radical (unpaired) electrons. The first kappa shape index (κ1) is 14.5.